The van der Waals surface area contributed by atoms with E-state index in [9.17, 15) is 9.59 Å². The molecular weight excluding hydrogens is 234 g/mol. The monoisotopic (exact) mass is 249 g/mol. The van der Waals surface area contributed by atoms with Crippen molar-refractivity contribution in [2.75, 3.05) is 6.61 Å². The molecule has 1 fully saturated rings. The van der Waals surface area contributed by atoms with Crippen molar-refractivity contribution in [2.45, 2.75) is 25.0 Å². The predicted molar refractivity (Wildman–Crippen MR) is 64.5 cm³/mol. The van der Waals surface area contributed by atoms with Crippen LogP contribution in [0.4, 0.5) is 4.79 Å². The molecule has 2 N–H and O–H groups in total. The zero-order valence-electron chi connectivity index (χ0n) is 10.1. The summed E-state index contributed by atoms with van der Waals surface area (Å²) in [6.45, 7) is 2.04. The summed E-state index contributed by atoms with van der Waals surface area (Å²) in [5.41, 5.74) is 0.0934. The largest absolute Gasteiger partial charge is 0.465 e. The smallest absolute Gasteiger partial charge is 0.405 e. The number of hydrogen-bond acceptors (Lipinski definition) is 3. The summed E-state index contributed by atoms with van der Waals surface area (Å²) in [5.74, 6) is -0.214. The fourth-order valence-electron chi connectivity index (χ4n) is 1.83. The summed E-state index contributed by atoms with van der Waals surface area (Å²) in [5, 5.41) is 11.1. The van der Waals surface area contributed by atoms with E-state index in [1.165, 1.54) is 0 Å². The molecular formula is C13H15NO4. The summed E-state index contributed by atoms with van der Waals surface area (Å²) in [6, 6.07) is 8.54. The number of nitrogens with one attached hydrogen (secondary N) is 1. The number of carbonyl (C=O) groups is 2. The highest BCUT2D eigenvalue weighted by molar-refractivity contribution is 5.95. The number of hydrogen-bond donors (Lipinski definition) is 2. The number of amides is 1. The Hall–Kier alpha value is -1.88. The van der Waals surface area contributed by atoms with Crippen LogP contribution >= 0.6 is 0 Å². The average Bonchev–Trinajstić information content (AvgIpc) is 3.08. The minimum absolute atomic E-state index is 0.214. The third kappa shape index (κ3) is 2.87. The maximum Gasteiger partial charge on any atom is 0.405 e. The third-order valence-electron chi connectivity index (χ3n) is 3.00. The summed E-state index contributed by atoms with van der Waals surface area (Å²) in [6.07, 6.45) is -0.862. The van der Waals surface area contributed by atoms with Crippen molar-refractivity contribution in [1.82, 2.24) is 5.32 Å². The van der Waals surface area contributed by atoms with E-state index in [0.29, 0.717) is 13.0 Å². The second kappa shape index (κ2) is 4.78. The Morgan fingerprint density at radius 2 is 2.06 bits per heavy atom. The number of ether oxygens (including phenoxy) is 1. The molecule has 1 aliphatic heterocycles. The maximum absolute atomic E-state index is 12.1. The number of ketones is 1. The quantitative estimate of drug-likeness (QED) is 0.769. The first-order valence-corrected chi connectivity index (χ1v) is 5.73. The molecule has 1 aliphatic rings. The zero-order valence-corrected chi connectivity index (χ0v) is 10.1. The first-order valence-electron chi connectivity index (χ1n) is 5.73. The van der Waals surface area contributed by atoms with E-state index in [0.717, 1.165) is 5.56 Å². The molecule has 0 unspecified atom stereocenters. The van der Waals surface area contributed by atoms with Crippen LogP contribution in [0.3, 0.4) is 0 Å². The van der Waals surface area contributed by atoms with Crippen LogP contribution in [0.5, 0.6) is 0 Å². The van der Waals surface area contributed by atoms with Crippen molar-refractivity contribution in [3.8, 4) is 0 Å². The van der Waals surface area contributed by atoms with E-state index in [2.05, 4.69) is 5.32 Å². The first-order chi connectivity index (χ1) is 8.51. The van der Waals surface area contributed by atoms with Crippen molar-refractivity contribution < 1.29 is 19.4 Å². The summed E-state index contributed by atoms with van der Waals surface area (Å²) in [7, 11) is 0. The maximum atomic E-state index is 12.1. The van der Waals surface area contributed by atoms with Crippen LogP contribution in [0.1, 0.15) is 12.5 Å². The van der Waals surface area contributed by atoms with Gasteiger partial charge in [0, 0.05) is 0 Å². The minimum atomic E-state index is -1.20. The molecule has 5 heteroatoms. The Labute approximate surface area is 105 Å². The van der Waals surface area contributed by atoms with Crippen molar-refractivity contribution >= 4 is 11.9 Å². The molecule has 0 radical (unpaired) electrons. The molecule has 1 aromatic carbocycles. The van der Waals surface area contributed by atoms with Gasteiger partial charge in [-0.2, -0.15) is 0 Å². The van der Waals surface area contributed by atoms with Crippen LogP contribution in [-0.4, -0.2) is 35.2 Å². The van der Waals surface area contributed by atoms with Gasteiger partial charge in [-0.3, -0.25) is 4.79 Å². The molecule has 0 spiro atoms. The van der Waals surface area contributed by atoms with Gasteiger partial charge >= 0.3 is 6.09 Å². The molecule has 18 heavy (non-hydrogen) atoms. The van der Waals surface area contributed by atoms with E-state index >= 15 is 0 Å². The van der Waals surface area contributed by atoms with Crippen molar-refractivity contribution in [2.24, 2.45) is 0 Å². The number of Topliss-reactive ketones (excluding diaryl/α,β-unsaturated/α-hetero) is 1. The Balaban J connectivity index is 2.10. The lowest BCUT2D eigenvalue weighted by atomic mass is 9.95. The molecule has 96 valence electrons. The van der Waals surface area contributed by atoms with E-state index in [4.69, 9.17) is 9.84 Å². The summed E-state index contributed by atoms with van der Waals surface area (Å²) < 4.78 is 5.08. The van der Waals surface area contributed by atoms with Gasteiger partial charge in [0.05, 0.1) is 12.6 Å². The molecule has 1 saturated heterocycles. The molecule has 0 bridgehead atoms. The van der Waals surface area contributed by atoms with Crippen molar-refractivity contribution in [1.29, 1.82) is 0 Å². The van der Waals surface area contributed by atoms with E-state index in [1.807, 2.05) is 30.3 Å². The van der Waals surface area contributed by atoms with E-state index in [-0.39, 0.29) is 5.78 Å². The first kappa shape index (κ1) is 12.6. The SMILES string of the molecule is C[C@]1(C(=O)[C@H](Cc2ccccc2)NC(=O)O)CO1. The van der Waals surface area contributed by atoms with Gasteiger partial charge in [0.1, 0.15) is 5.60 Å². The van der Waals surface area contributed by atoms with Gasteiger partial charge in [-0.05, 0) is 18.9 Å². The van der Waals surface area contributed by atoms with Crippen LogP contribution in [0.15, 0.2) is 30.3 Å². The number of epoxide rings is 1. The molecule has 2 rings (SSSR count). The average molecular weight is 249 g/mol. The van der Waals surface area contributed by atoms with Crippen LogP contribution in [0.2, 0.25) is 0 Å². The normalized spacial score (nSPS) is 23.2. The Kier molecular flexibility index (Phi) is 3.34. The molecule has 1 aromatic rings. The molecule has 1 amide bonds. The number of carboxylic acid groups (broad SMARTS) is 1. The third-order valence-corrected chi connectivity index (χ3v) is 3.00. The van der Waals surface area contributed by atoms with Crippen LogP contribution in [-0.2, 0) is 16.0 Å². The second-order valence-corrected chi connectivity index (χ2v) is 4.58. The molecule has 0 aliphatic carbocycles. The van der Waals surface area contributed by atoms with Crippen LogP contribution in [0, 0.1) is 0 Å². The fourth-order valence-corrected chi connectivity index (χ4v) is 1.83. The molecule has 2 atom stereocenters. The Morgan fingerprint density at radius 1 is 1.44 bits per heavy atom. The second-order valence-electron chi connectivity index (χ2n) is 4.58. The number of carbonyl (C=O) groups excluding carboxylic acids is 1. The molecule has 1 heterocycles. The molecule has 5 nitrogen and oxygen atoms in total. The van der Waals surface area contributed by atoms with Gasteiger partial charge in [-0.1, -0.05) is 30.3 Å². The van der Waals surface area contributed by atoms with E-state index < -0.39 is 17.7 Å². The van der Waals surface area contributed by atoms with Crippen LogP contribution < -0.4 is 5.32 Å². The predicted octanol–water partition coefficient (Wildman–Crippen LogP) is 1.22. The summed E-state index contributed by atoms with van der Waals surface area (Å²) in [4.78, 5) is 22.9. The van der Waals surface area contributed by atoms with Crippen molar-refractivity contribution in [3.05, 3.63) is 35.9 Å². The number of rotatable bonds is 5. The number of benzene rings is 1. The molecule has 0 aromatic heterocycles. The van der Waals surface area contributed by atoms with Gasteiger partial charge in [0.25, 0.3) is 0 Å². The highest BCUT2D eigenvalue weighted by atomic mass is 16.6. The topological polar surface area (TPSA) is 78.9 Å². The Bertz CT molecular complexity index is 453. The minimum Gasteiger partial charge on any atom is -0.465 e. The highest BCUT2D eigenvalue weighted by Gasteiger charge is 2.50. The van der Waals surface area contributed by atoms with Gasteiger partial charge in [0.2, 0.25) is 0 Å². The van der Waals surface area contributed by atoms with Gasteiger partial charge < -0.3 is 15.2 Å². The lowest BCUT2D eigenvalue weighted by Gasteiger charge is -2.17. The van der Waals surface area contributed by atoms with Crippen molar-refractivity contribution in [3.63, 3.8) is 0 Å². The van der Waals surface area contributed by atoms with Gasteiger partial charge in [0.15, 0.2) is 5.78 Å². The zero-order chi connectivity index (χ0) is 13.2. The van der Waals surface area contributed by atoms with Gasteiger partial charge in [-0.15, -0.1) is 0 Å². The standard InChI is InChI=1S/C13H15NO4/c1-13(8-18-13)11(15)10(14-12(16)17)7-9-5-3-2-4-6-9/h2-6,10,14H,7-8H2,1H3,(H,16,17)/t10-,13+/m0/s1. The summed E-state index contributed by atoms with van der Waals surface area (Å²) >= 11 is 0. The highest BCUT2D eigenvalue weighted by Crippen LogP contribution is 2.29. The Morgan fingerprint density at radius 3 is 2.56 bits per heavy atom. The van der Waals surface area contributed by atoms with Gasteiger partial charge in [-0.25, -0.2) is 4.79 Å². The fraction of sp³-hybridized carbons (Fsp3) is 0.385. The lowest BCUT2D eigenvalue weighted by Crippen LogP contribution is -2.46. The lowest BCUT2D eigenvalue weighted by molar-refractivity contribution is -0.125. The molecule has 0 saturated carbocycles. The van der Waals surface area contributed by atoms with E-state index in [1.54, 1.807) is 6.92 Å². The van der Waals surface area contributed by atoms with Crippen LogP contribution in [0.25, 0.3) is 0 Å².